The highest BCUT2D eigenvalue weighted by Crippen LogP contribution is 2.01. The standard InChI is InChI=1S/C5H9N2O/c1-7-2-5(3-7)6-4-8/h5H,2-3H2,1H3,(H,6,8). The van der Waals surface area contributed by atoms with E-state index < -0.39 is 0 Å². The Hall–Kier alpha value is -0.570. The Bertz CT molecular complexity index is 88.4. The lowest BCUT2D eigenvalue weighted by Gasteiger charge is -2.35. The van der Waals surface area contributed by atoms with Gasteiger partial charge in [-0.05, 0) is 7.05 Å². The number of nitrogens with one attached hydrogen (secondary N) is 1. The van der Waals surface area contributed by atoms with Crippen molar-refractivity contribution < 1.29 is 4.79 Å². The fraction of sp³-hybridized carbons (Fsp3) is 0.800. The van der Waals surface area contributed by atoms with Gasteiger partial charge in [-0.25, -0.2) is 0 Å². The zero-order chi connectivity index (χ0) is 5.98. The molecule has 1 N–H and O–H groups in total. The van der Waals surface area contributed by atoms with Gasteiger partial charge < -0.3 is 10.2 Å². The number of hydrogen-bond acceptors (Lipinski definition) is 2. The zero-order valence-corrected chi connectivity index (χ0v) is 4.85. The molecule has 1 rings (SSSR count). The third kappa shape index (κ3) is 0.980. The number of likely N-dealkylation sites (tertiary alicyclic amines) is 1. The number of nitrogens with zero attached hydrogens (tertiary/aromatic N) is 1. The Morgan fingerprint density at radius 1 is 1.75 bits per heavy atom. The second kappa shape index (κ2) is 2.13. The monoisotopic (exact) mass is 113 g/mol. The lowest BCUT2D eigenvalue weighted by atomic mass is 10.1. The molecule has 1 fully saturated rings. The van der Waals surface area contributed by atoms with Gasteiger partial charge in [0.2, 0.25) is 0 Å². The van der Waals surface area contributed by atoms with E-state index in [1.807, 2.05) is 7.05 Å². The van der Waals surface area contributed by atoms with Crippen LogP contribution in [0.3, 0.4) is 0 Å². The van der Waals surface area contributed by atoms with Gasteiger partial charge in [0.1, 0.15) is 0 Å². The summed E-state index contributed by atoms with van der Waals surface area (Å²) in [5, 5.41) is 2.57. The van der Waals surface area contributed by atoms with Crippen molar-refractivity contribution in [3.63, 3.8) is 0 Å². The van der Waals surface area contributed by atoms with E-state index in [-0.39, 0.29) is 0 Å². The van der Waals surface area contributed by atoms with E-state index in [0.717, 1.165) is 13.1 Å². The van der Waals surface area contributed by atoms with Gasteiger partial charge in [0.15, 0.2) is 0 Å². The summed E-state index contributed by atoms with van der Waals surface area (Å²) in [5.41, 5.74) is 0. The van der Waals surface area contributed by atoms with Crippen LogP contribution in [0.1, 0.15) is 0 Å². The Kier molecular flexibility index (Phi) is 1.48. The smallest absolute Gasteiger partial charge is 0.309 e. The van der Waals surface area contributed by atoms with Crippen LogP contribution in [-0.4, -0.2) is 37.5 Å². The van der Waals surface area contributed by atoms with Crippen molar-refractivity contribution in [2.75, 3.05) is 20.1 Å². The zero-order valence-electron chi connectivity index (χ0n) is 4.85. The fourth-order valence-electron chi connectivity index (χ4n) is 0.874. The van der Waals surface area contributed by atoms with Crippen molar-refractivity contribution in [1.82, 2.24) is 10.2 Å². The predicted octanol–water partition coefficient (Wildman–Crippen LogP) is -1.04. The predicted molar refractivity (Wildman–Crippen MR) is 30.1 cm³/mol. The third-order valence-electron chi connectivity index (χ3n) is 1.33. The molecule has 0 atom stereocenters. The minimum absolute atomic E-state index is 0.359. The molecule has 0 spiro atoms. The van der Waals surface area contributed by atoms with Crippen molar-refractivity contribution in [2.45, 2.75) is 6.04 Å². The van der Waals surface area contributed by atoms with Crippen molar-refractivity contribution in [3.05, 3.63) is 0 Å². The van der Waals surface area contributed by atoms with E-state index >= 15 is 0 Å². The van der Waals surface area contributed by atoms with E-state index in [2.05, 4.69) is 10.2 Å². The van der Waals surface area contributed by atoms with Crippen LogP contribution >= 0.6 is 0 Å². The summed E-state index contributed by atoms with van der Waals surface area (Å²) in [7, 11) is 2.02. The Labute approximate surface area is 48.7 Å². The molecule has 1 aliphatic heterocycles. The topological polar surface area (TPSA) is 32.3 Å². The van der Waals surface area contributed by atoms with Gasteiger partial charge in [-0.1, -0.05) is 0 Å². The minimum atomic E-state index is 0.359. The number of rotatable bonds is 2. The first-order chi connectivity index (χ1) is 3.83. The van der Waals surface area contributed by atoms with Crippen LogP contribution in [0.15, 0.2) is 0 Å². The summed E-state index contributed by atoms with van der Waals surface area (Å²) < 4.78 is 0. The van der Waals surface area contributed by atoms with Crippen LogP contribution in [0.2, 0.25) is 0 Å². The molecule has 0 aromatic heterocycles. The average Bonchev–Trinajstić information content (AvgIpc) is 1.64. The van der Waals surface area contributed by atoms with Crippen LogP contribution in [0, 0.1) is 0 Å². The van der Waals surface area contributed by atoms with Crippen LogP contribution in [0.25, 0.3) is 0 Å². The average molecular weight is 113 g/mol. The van der Waals surface area contributed by atoms with Gasteiger partial charge in [0.05, 0.1) is 6.04 Å². The second-order valence-electron chi connectivity index (χ2n) is 2.16. The quantitative estimate of drug-likeness (QED) is 0.464. The summed E-state index contributed by atoms with van der Waals surface area (Å²) in [6.45, 7) is 1.94. The molecule has 1 aliphatic rings. The van der Waals surface area contributed by atoms with Crippen molar-refractivity contribution in [3.8, 4) is 0 Å². The molecule has 3 nitrogen and oxygen atoms in total. The first-order valence-electron chi connectivity index (χ1n) is 2.64. The van der Waals surface area contributed by atoms with Crippen LogP contribution < -0.4 is 5.32 Å². The maximum Gasteiger partial charge on any atom is 0.309 e. The van der Waals surface area contributed by atoms with E-state index in [0.29, 0.717) is 6.04 Å². The normalized spacial score (nSPS) is 22.1. The molecule has 8 heavy (non-hydrogen) atoms. The van der Waals surface area contributed by atoms with Gasteiger partial charge in [-0.2, -0.15) is 0 Å². The largest absolute Gasteiger partial charge is 0.343 e. The molecule has 0 aliphatic carbocycles. The molecular formula is C5H9N2O. The highest BCUT2D eigenvalue weighted by molar-refractivity contribution is 5.48. The highest BCUT2D eigenvalue weighted by Gasteiger charge is 2.21. The molecule has 1 amide bonds. The number of amides is 1. The van der Waals surface area contributed by atoms with Gasteiger partial charge >= 0.3 is 6.41 Å². The van der Waals surface area contributed by atoms with E-state index in [1.54, 1.807) is 6.41 Å². The van der Waals surface area contributed by atoms with Crippen molar-refractivity contribution in [1.29, 1.82) is 0 Å². The highest BCUT2D eigenvalue weighted by atomic mass is 16.1. The van der Waals surface area contributed by atoms with Crippen LogP contribution in [-0.2, 0) is 4.79 Å². The lowest BCUT2D eigenvalue weighted by molar-refractivity contribution is 0.177. The molecular weight excluding hydrogens is 104 g/mol. The van der Waals surface area contributed by atoms with E-state index in [4.69, 9.17) is 0 Å². The van der Waals surface area contributed by atoms with Crippen LogP contribution in [0.4, 0.5) is 0 Å². The molecule has 1 radical (unpaired) electrons. The number of carbonyl (C=O) groups excluding carboxylic acids is 1. The second-order valence-corrected chi connectivity index (χ2v) is 2.16. The fourth-order valence-corrected chi connectivity index (χ4v) is 0.874. The van der Waals surface area contributed by atoms with Crippen LogP contribution in [0.5, 0.6) is 0 Å². The molecule has 1 heterocycles. The molecule has 0 unspecified atom stereocenters. The first-order valence-corrected chi connectivity index (χ1v) is 2.64. The maximum absolute atomic E-state index is 9.66. The molecule has 45 valence electrons. The summed E-state index contributed by atoms with van der Waals surface area (Å²) in [4.78, 5) is 11.8. The summed E-state index contributed by atoms with van der Waals surface area (Å²) in [6.07, 6.45) is 1.66. The summed E-state index contributed by atoms with van der Waals surface area (Å²) >= 11 is 0. The molecule has 1 saturated heterocycles. The minimum Gasteiger partial charge on any atom is -0.343 e. The lowest BCUT2D eigenvalue weighted by Crippen LogP contribution is -2.55. The van der Waals surface area contributed by atoms with Gasteiger partial charge in [0, 0.05) is 13.1 Å². The molecule has 0 aromatic rings. The van der Waals surface area contributed by atoms with E-state index in [9.17, 15) is 4.79 Å². The van der Waals surface area contributed by atoms with Crippen molar-refractivity contribution >= 4 is 6.41 Å². The molecule has 0 bridgehead atoms. The Morgan fingerprint density at radius 2 is 2.38 bits per heavy atom. The Balaban J connectivity index is 2.06. The third-order valence-corrected chi connectivity index (χ3v) is 1.33. The van der Waals surface area contributed by atoms with E-state index in [1.165, 1.54) is 0 Å². The molecule has 0 aromatic carbocycles. The number of likely N-dealkylation sites (N-methyl/N-ethyl adjacent to an activating group) is 1. The molecule has 3 heteroatoms. The summed E-state index contributed by atoms with van der Waals surface area (Å²) in [5.74, 6) is 0. The first kappa shape index (κ1) is 5.56. The molecule has 0 saturated carbocycles. The summed E-state index contributed by atoms with van der Waals surface area (Å²) in [6, 6.07) is 0.359. The number of hydrogen-bond donors (Lipinski definition) is 1. The SMILES string of the molecule is CN1CC(N[C]=O)C1. The Morgan fingerprint density at radius 3 is 2.75 bits per heavy atom. The van der Waals surface area contributed by atoms with Crippen molar-refractivity contribution in [2.24, 2.45) is 0 Å². The van der Waals surface area contributed by atoms with Gasteiger partial charge in [-0.3, -0.25) is 4.79 Å². The van der Waals surface area contributed by atoms with Gasteiger partial charge in [0.25, 0.3) is 0 Å². The maximum atomic E-state index is 9.66. The van der Waals surface area contributed by atoms with Gasteiger partial charge in [-0.15, -0.1) is 0 Å².